The normalized spacial score (nSPS) is 18.6. The highest BCUT2D eigenvalue weighted by Crippen LogP contribution is 2.16. The fourth-order valence-electron chi connectivity index (χ4n) is 3.45. The molecule has 1 saturated heterocycles. The van der Waals surface area contributed by atoms with E-state index >= 15 is 0 Å². The van der Waals surface area contributed by atoms with Gasteiger partial charge in [0.1, 0.15) is 0 Å². The highest BCUT2D eigenvalue weighted by molar-refractivity contribution is 5.79. The van der Waals surface area contributed by atoms with Crippen LogP contribution in [0.3, 0.4) is 0 Å². The van der Waals surface area contributed by atoms with Crippen molar-refractivity contribution in [3.63, 3.8) is 0 Å². The Morgan fingerprint density at radius 3 is 2.76 bits per heavy atom. The maximum absolute atomic E-state index is 5.72. The summed E-state index contributed by atoms with van der Waals surface area (Å²) in [4.78, 5) is 4.78. The molecule has 2 atom stereocenters. The highest BCUT2D eigenvalue weighted by Gasteiger charge is 2.20. The van der Waals surface area contributed by atoms with Crippen molar-refractivity contribution in [2.24, 2.45) is 4.99 Å². The zero-order chi connectivity index (χ0) is 21.0. The van der Waals surface area contributed by atoms with Crippen LogP contribution in [-0.4, -0.2) is 57.1 Å². The van der Waals surface area contributed by atoms with Gasteiger partial charge in [0, 0.05) is 37.9 Å². The average Bonchev–Trinajstić information content (AvgIpc) is 3.22. The summed E-state index contributed by atoms with van der Waals surface area (Å²) in [5.41, 5.74) is 1.18. The molecule has 2 unspecified atom stereocenters. The van der Waals surface area contributed by atoms with Gasteiger partial charge >= 0.3 is 0 Å². The van der Waals surface area contributed by atoms with Gasteiger partial charge in [0.25, 0.3) is 0 Å². The average molecular weight is 405 g/mol. The van der Waals surface area contributed by atoms with E-state index in [0.717, 1.165) is 51.5 Å². The summed E-state index contributed by atoms with van der Waals surface area (Å²) >= 11 is 0. The second-order valence-corrected chi connectivity index (χ2v) is 8.35. The summed E-state index contributed by atoms with van der Waals surface area (Å²) in [7, 11) is 0. The van der Waals surface area contributed by atoms with E-state index in [1.54, 1.807) is 0 Å². The van der Waals surface area contributed by atoms with E-state index in [1.165, 1.54) is 5.56 Å². The van der Waals surface area contributed by atoms with Gasteiger partial charge < -0.3 is 25.4 Å². The zero-order valence-electron chi connectivity index (χ0n) is 18.7. The third-order valence-electron chi connectivity index (χ3n) is 4.97. The topological polar surface area (TPSA) is 66.9 Å². The van der Waals surface area contributed by atoms with Gasteiger partial charge in [-0.15, -0.1) is 0 Å². The Morgan fingerprint density at radius 2 is 2.07 bits per heavy atom. The minimum atomic E-state index is -0.109. The van der Waals surface area contributed by atoms with Crippen LogP contribution in [0.5, 0.6) is 0 Å². The Kier molecular flexibility index (Phi) is 10.5. The molecule has 1 heterocycles. The van der Waals surface area contributed by atoms with Gasteiger partial charge in [0.2, 0.25) is 0 Å². The number of nitrogens with zero attached hydrogens (tertiary/aromatic N) is 1. The number of nitrogens with one attached hydrogen (secondary N) is 3. The van der Waals surface area contributed by atoms with E-state index in [0.29, 0.717) is 19.3 Å². The molecule has 0 amide bonds. The first kappa shape index (κ1) is 23.6. The minimum Gasteiger partial charge on any atom is -0.379 e. The van der Waals surface area contributed by atoms with Crippen molar-refractivity contribution in [2.75, 3.05) is 39.5 Å². The van der Waals surface area contributed by atoms with Gasteiger partial charge in [0.05, 0.1) is 19.3 Å². The number of ether oxygens (including phenoxy) is 2. The maximum Gasteiger partial charge on any atom is 0.191 e. The monoisotopic (exact) mass is 404 g/mol. The van der Waals surface area contributed by atoms with Crippen LogP contribution in [0, 0.1) is 0 Å². The van der Waals surface area contributed by atoms with Crippen LogP contribution >= 0.6 is 0 Å². The van der Waals surface area contributed by atoms with Crippen LogP contribution < -0.4 is 16.0 Å². The predicted molar refractivity (Wildman–Crippen MR) is 120 cm³/mol. The fourth-order valence-corrected chi connectivity index (χ4v) is 3.45. The summed E-state index contributed by atoms with van der Waals surface area (Å²) in [6, 6.07) is 10.8. The number of hydrogen-bond donors (Lipinski definition) is 3. The molecule has 1 aromatic carbocycles. The van der Waals surface area contributed by atoms with Crippen LogP contribution in [0.4, 0.5) is 0 Å². The minimum absolute atomic E-state index is 0.109. The standard InChI is InChI=1S/C23H40N4O2/c1-5-24-22(25-14-10-15-28-17-21-13-9-16-29-21)26-18-23(3,4)27-19(2)20-11-7-6-8-12-20/h6-8,11-12,19,21,27H,5,9-10,13-18H2,1-4H3,(H2,24,25,26). The summed E-state index contributed by atoms with van der Waals surface area (Å²) < 4.78 is 11.3. The molecular weight excluding hydrogens is 364 g/mol. The molecule has 0 aliphatic carbocycles. The van der Waals surface area contributed by atoms with Gasteiger partial charge in [-0.05, 0) is 52.5 Å². The molecule has 0 saturated carbocycles. The first-order valence-corrected chi connectivity index (χ1v) is 11.0. The van der Waals surface area contributed by atoms with Crippen LogP contribution in [-0.2, 0) is 9.47 Å². The summed E-state index contributed by atoms with van der Waals surface area (Å²) in [5, 5.41) is 10.4. The van der Waals surface area contributed by atoms with Crippen LogP contribution in [0.25, 0.3) is 0 Å². The molecule has 29 heavy (non-hydrogen) atoms. The smallest absolute Gasteiger partial charge is 0.191 e. The van der Waals surface area contributed by atoms with Crippen molar-refractivity contribution in [2.45, 2.75) is 64.6 Å². The van der Waals surface area contributed by atoms with Crippen molar-refractivity contribution in [3.8, 4) is 0 Å². The van der Waals surface area contributed by atoms with Gasteiger partial charge in [-0.3, -0.25) is 4.99 Å². The Bertz CT molecular complexity index is 586. The number of aliphatic imine (C=N–C) groups is 1. The van der Waals surface area contributed by atoms with Crippen molar-refractivity contribution in [1.29, 1.82) is 0 Å². The number of rotatable bonds is 12. The first-order chi connectivity index (χ1) is 14.0. The Labute approximate surface area is 176 Å². The first-order valence-electron chi connectivity index (χ1n) is 11.0. The molecule has 164 valence electrons. The molecule has 0 radical (unpaired) electrons. The summed E-state index contributed by atoms with van der Waals surface area (Å²) in [6.07, 6.45) is 3.54. The molecule has 6 heteroatoms. The predicted octanol–water partition coefficient (Wildman–Crippen LogP) is 3.26. The van der Waals surface area contributed by atoms with Gasteiger partial charge in [0.15, 0.2) is 5.96 Å². The Balaban J connectivity index is 1.70. The van der Waals surface area contributed by atoms with E-state index < -0.39 is 0 Å². The van der Waals surface area contributed by atoms with Crippen LogP contribution in [0.1, 0.15) is 58.6 Å². The zero-order valence-corrected chi connectivity index (χ0v) is 18.7. The Morgan fingerprint density at radius 1 is 1.28 bits per heavy atom. The lowest BCUT2D eigenvalue weighted by atomic mass is 10.0. The number of benzene rings is 1. The highest BCUT2D eigenvalue weighted by atomic mass is 16.5. The molecule has 3 N–H and O–H groups in total. The molecule has 0 bridgehead atoms. The van der Waals surface area contributed by atoms with Crippen molar-refractivity contribution >= 4 is 5.96 Å². The second-order valence-electron chi connectivity index (χ2n) is 8.35. The van der Waals surface area contributed by atoms with Gasteiger partial charge in [-0.25, -0.2) is 0 Å². The van der Waals surface area contributed by atoms with Crippen molar-refractivity contribution < 1.29 is 9.47 Å². The third kappa shape index (κ3) is 9.61. The second kappa shape index (κ2) is 12.8. The molecule has 1 fully saturated rings. The van der Waals surface area contributed by atoms with Crippen LogP contribution in [0.2, 0.25) is 0 Å². The molecule has 1 aliphatic heterocycles. The lowest BCUT2D eigenvalue weighted by Crippen LogP contribution is -2.45. The molecule has 2 rings (SSSR count). The third-order valence-corrected chi connectivity index (χ3v) is 4.97. The van der Waals surface area contributed by atoms with E-state index in [2.05, 4.69) is 67.9 Å². The maximum atomic E-state index is 5.72. The molecule has 0 aromatic heterocycles. The SMILES string of the molecule is CCNC(=NCC(C)(C)NC(C)c1ccccc1)NCCCOCC1CCCO1. The lowest BCUT2D eigenvalue weighted by Gasteiger charge is -2.29. The number of guanidine groups is 1. The molecule has 6 nitrogen and oxygen atoms in total. The molecule has 0 spiro atoms. The summed E-state index contributed by atoms with van der Waals surface area (Å²) in [6.45, 7) is 13.4. The van der Waals surface area contributed by atoms with E-state index in [1.807, 2.05) is 6.07 Å². The molecular formula is C23H40N4O2. The van der Waals surface area contributed by atoms with Crippen LogP contribution in [0.15, 0.2) is 35.3 Å². The summed E-state index contributed by atoms with van der Waals surface area (Å²) in [5.74, 6) is 0.855. The van der Waals surface area contributed by atoms with E-state index in [4.69, 9.17) is 14.5 Å². The lowest BCUT2D eigenvalue weighted by molar-refractivity contribution is 0.0168. The fraction of sp³-hybridized carbons (Fsp3) is 0.696. The van der Waals surface area contributed by atoms with Gasteiger partial charge in [-0.2, -0.15) is 0 Å². The Hall–Kier alpha value is -1.63. The molecule has 1 aromatic rings. The van der Waals surface area contributed by atoms with Gasteiger partial charge in [-0.1, -0.05) is 30.3 Å². The quantitative estimate of drug-likeness (QED) is 0.283. The molecule has 1 aliphatic rings. The largest absolute Gasteiger partial charge is 0.379 e. The van der Waals surface area contributed by atoms with E-state index in [9.17, 15) is 0 Å². The van der Waals surface area contributed by atoms with E-state index in [-0.39, 0.29) is 11.6 Å². The number of hydrogen-bond acceptors (Lipinski definition) is 4. The van der Waals surface area contributed by atoms with Crippen molar-refractivity contribution in [3.05, 3.63) is 35.9 Å². The van der Waals surface area contributed by atoms with Crippen molar-refractivity contribution in [1.82, 2.24) is 16.0 Å².